The lowest BCUT2D eigenvalue weighted by Gasteiger charge is -2.08. The molecule has 8 heteroatoms. The highest BCUT2D eigenvalue weighted by Gasteiger charge is 2.27. The fraction of sp³-hybridized carbons (Fsp3) is 0.429. The van der Waals surface area contributed by atoms with Crippen molar-refractivity contribution in [1.82, 2.24) is 15.8 Å². The van der Waals surface area contributed by atoms with Gasteiger partial charge in [0.2, 0.25) is 0 Å². The number of aromatic nitrogens is 1. The van der Waals surface area contributed by atoms with Crippen molar-refractivity contribution in [3.63, 3.8) is 0 Å². The van der Waals surface area contributed by atoms with E-state index in [1.54, 1.807) is 5.32 Å². The SMILES string of the molecule is O=C(NCc1ccon1)NCC(F)(F)F. The first-order valence-corrected chi connectivity index (χ1v) is 3.95. The second-order valence-electron chi connectivity index (χ2n) is 2.64. The highest BCUT2D eigenvalue weighted by atomic mass is 19.4. The Hall–Kier alpha value is -1.73. The Balaban J connectivity index is 2.20. The quantitative estimate of drug-likeness (QED) is 0.804. The van der Waals surface area contributed by atoms with Crippen LogP contribution in [0.1, 0.15) is 5.69 Å². The molecule has 1 rings (SSSR count). The molecule has 0 unspecified atom stereocenters. The molecule has 1 aromatic rings. The topological polar surface area (TPSA) is 67.2 Å². The van der Waals surface area contributed by atoms with Crippen LogP contribution in [0, 0.1) is 0 Å². The van der Waals surface area contributed by atoms with Gasteiger partial charge in [-0.15, -0.1) is 0 Å². The van der Waals surface area contributed by atoms with Crippen LogP contribution in [0.2, 0.25) is 0 Å². The van der Waals surface area contributed by atoms with E-state index in [9.17, 15) is 18.0 Å². The molecule has 5 nitrogen and oxygen atoms in total. The average molecular weight is 223 g/mol. The van der Waals surface area contributed by atoms with E-state index in [2.05, 4.69) is 15.0 Å². The number of carbonyl (C=O) groups excluding carboxylic acids is 1. The third-order valence-corrected chi connectivity index (χ3v) is 1.37. The largest absolute Gasteiger partial charge is 0.405 e. The standard InChI is InChI=1S/C7H8F3N3O2/c8-7(9,10)4-12-6(14)11-3-5-1-2-15-13-5/h1-2H,3-4H2,(H2,11,12,14). The van der Waals surface area contributed by atoms with Crippen LogP contribution in [0.25, 0.3) is 0 Å². The van der Waals surface area contributed by atoms with Crippen LogP contribution in [-0.2, 0) is 6.54 Å². The summed E-state index contributed by atoms with van der Waals surface area (Å²) in [5, 5.41) is 7.29. The Labute approximate surface area is 82.6 Å². The second-order valence-corrected chi connectivity index (χ2v) is 2.64. The number of carbonyl (C=O) groups is 1. The number of hydrogen-bond acceptors (Lipinski definition) is 3. The van der Waals surface area contributed by atoms with Crippen LogP contribution in [0.4, 0.5) is 18.0 Å². The van der Waals surface area contributed by atoms with Crippen molar-refractivity contribution in [2.45, 2.75) is 12.7 Å². The predicted octanol–water partition coefficient (Wildman–Crippen LogP) is 1.04. The summed E-state index contributed by atoms with van der Waals surface area (Å²) in [6.07, 6.45) is -3.12. The van der Waals surface area contributed by atoms with Crippen LogP contribution < -0.4 is 10.6 Å². The van der Waals surface area contributed by atoms with E-state index in [0.29, 0.717) is 5.69 Å². The molecule has 0 saturated heterocycles. The third-order valence-electron chi connectivity index (χ3n) is 1.37. The van der Waals surface area contributed by atoms with E-state index in [0.717, 1.165) is 0 Å². The molecular formula is C7H8F3N3O2. The maximum Gasteiger partial charge on any atom is 0.405 e. The predicted molar refractivity (Wildman–Crippen MR) is 42.8 cm³/mol. The minimum absolute atomic E-state index is 0.0141. The van der Waals surface area contributed by atoms with Gasteiger partial charge in [-0.1, -0.05) is 5.16 Å². The van der Waals surface area contributed by atoms with Crippen LogP contribution in [-0.4, -0.2) is 23.9 Å². The van der Waals surface area contributed by atoms with Crippen molar-refractivity contribution < 1.29 is 22.5 Å². The van der Waals surface area contributed by atoms with Crippen LogP contribution in [0.3, 0.4) is 0 Å². The van der Waals surface area contributed by atoms with Crippen LogP contribution in [0.5, 0.6) is 0 Å². The van der Waals surface area contributed by atoms with Crippen molar-refractivity contribution in [3.05, 3.63) is 18.0 Å². The Kier molecular flexibility index (Phi) is 3.53. The van der Waals surface area contributed by atoms with E-state index in [1.807, 2.05) is 0 Å². The molecule has 2 amide bonds. The molecule has 1 heterocycles. The van der Waals surface area contributed by atoms with Crippen molar-refractivity contribution in [2.24, 2.45) is 0 Å². The first kappa shape index (κ1) is 11.3. The lowest BCUT2D eigenvalue weighted by Crippen LogP contribution is -2.40. The van der Waals surface area contributed by atoms with Gasteiger partial charge in [-0.05, 0) is 0 Å². The van der Waals surface area contributed by atoms with Gasteiger partial charge < -0.3 is 15.2 Å². The Bertz CT molecular complexity index is 310. The van der Waals surface area contributed by atoms with Gasteiger partial charge in [-0.25, -0.2) is 4.79 Å². The first-order valence-electron chi connectivity index (χ1n) is 3.95. The number of nitrogens with one attached hydrogen (secondary N) is 2. The summed E-state index contributed by atoms with van der Waals surface area (Å²) in [5.41, 5.74) is 0.428. The number of amides is 2. The third kappa shape index (κ3) is 4.89. The molecular weight excluding hydrogens is 215 g/mol. The molecule has 0 fully saturated rings. The summed E-state index contributed by atoms with van der Waals surface area (Å²) in [5.74, 6) is 0. The molecule has 0 aliphatic heterocycles. The number of hydrogen-bond donors (Lipinski definition) is 2. The highest BCUT2D eigenvalue weighted by Crippen LogP contribution is 2.11. The molecule has 2 N–H and O–H groups in total. The van der Waals surface area contributed by atoms with E-state index in [4.69, 9.17) is 0 Å². The van der Waals surface area contributed by atoms with Gasteiger partial charge >= 0.3 is 12.2 Å². The fourth-order valence-electron chi connectivity index (χ4n) is 0.743. The number of alkyl halides is 3. The number of rotatable bonds is 3. The van der Waals surface area contributed by atoms with Crippen LogP contribution >= 0.6 is 0 Å². The van der Waals surface area contributed by atoms with E-state index >= 15 is 0 Å². The molecule has 84 valence electrons. The molecule has 0 bridgehead atoms. The van der Waals surface area contributed by atoms with Crippen molar-refractivity contribution in [2.75, 3.05) is 6.54 Å². The zero-order valence-corrected chi connectivity index (χ0v) is 7.47. The normalized spacial score (nSPS) is 11.1. The minimum Gasteiger partial charge on any atom is -0.364 e. The molecule has 0 radical (unpaired) electrons. The fourth-order valence-corrected chi connectivity index (χ4v) is 0.743. The molecule has 15 heavy (non-hydrogen) atoms. The van der Waals surface area contributed by atoms with Gasteiger partial charge in [-0.3, -0.25) is 0 Å². The van der Waals surface area contributed by atoms with Gasteiger partial charge in [0.25, 0.3) is 0 Å². The zero-order chi connectivity index (χ0) is 11.3. The molecule has 0 aromatic carbocycles. The van der Waals surface area contributed by atoms with E-state index in [1.165, 1.54) is 12.3 Å². The molecule has 0 aliphatic carbocycles. The molecule has 0 aliphatic rings. The minimum atomic E-state index is -4.41. The van der Waals surface area contributed by atoms with Crippen molar-refractivity contribution >= 4 is 6.03 Å². The second kappa shape index (κ2) is 4.67. The average Bonchev–Trinajstić information content (AvgIpc) is 2.62. The first-order chi connectivity index (χ1) is 6.97. The summed E-state index contributed by atoms with van der Waals surface area (Å²) in [6.45, 7) is -1.35. The lowest BCUT2D eigenvalue weighted by atomic mass is 10.4. The van der Waals surface area contributed by atoms with Gasteiger partial charge in [0, 0.05) is 6.07 Å². The smallest absolute Gasteiger partial charge is 0.364 e. The van der Waals surface area contributed by atoms with Gasteiger partial charge in [0.15, 0.2) is 0 Å². The van der Waals surface area contributed by atoms with E-state index < -0.39 is 18.8 Å². The van der Waals surface area contributed by atoms with E-state index in [-0.39, 0.29) is 6.54 Å². The number of halogens is 3. The summed E-state index contributed by atoms with van der Waals surface area (Å²) in [4.78, 5) is 10.8. The molecule has 0 spiro atoms. The molecule has 1 aromatic heterocycles. The van der Waals surface area contributed by atoms with Crippen LogP contribution in [0.15, 0.2) is 16.9 Å². The van der Waals surface area contributed by atoms with Gasteiger partial charge in [-0.2, -0.15) is 13.2 Å². The monoisotopic (exact) mass is 223 g/mol. The Morgan fingerprint density at radius 3 is 2.73 bits per heavy atom. The summed E-state index contributed by atoms with van der Waals surface area (Å²) in [7, 11) is 0. The molecule has 0 atom stereocenters. The Morgan fingerprint density at radius 1 is 1.47 bits per heavy atom. The Morgan fingerprint density at radius 2 is 2.20 bits per heavy atom. The molecule has 0 saturated carbocycles. The lowest BCUT2D eigenvalue weighted by molar-refractivity contribution is -0.122. The summed E-state index contributed by atoms with van der Waals surface area (Å²) < 4.78 is 39.4. The highest BCUT2D eigenvalue weighted by molar-refractivity contribution is 5.73. The maximum absolute atomic E-state index is 11.7. The summed E-state index contributed by atoms with van der Waals surface area (Å²) in [6, 6.07) is 0.583. The van der Waals surface area contributed by atoms with Crippen molar-refractivity contribution in [3.8, 4) is 0 Å². The number of urea groups is 1. The summed E-state index contributed by atoms with van der Waals surface area (Å²) >= 11 is 0. The maximum atomic E-state index is 11.7. The van der Waals surface area contributed by atoms with Crippen molar-refractivity contribution in [1.29, 1.82) is 0 Å². The zero-order valence-electron chi connectivity index (χ0n) is 7.47. The number of nitrogens with zero attached hydrogens (tertiary/aromatic N) is 1. The van der Waals surface area contributed by atoms with Gasteiger partial charge in [0.05, 0.1) is 6.54 Å². The van der Waals surface area contributed by atoms with Gasteiger partial charge in [0.1, 0.15) is 18.5 Å².